The van der Waals surface area contributed by atoms with Crippen LogP contribution >= 0.6 is 0 Å². The van der Waals surface area contributed by atoms with Crippen molar-refractivity contribution in [3.63, 3.8) is 0 Å². The molecule has 104 valence electrons. The first kappa shape index (κ1) is 14.1. The SMILES string of the molecule is CCCC(CN)C(=O)OC1CCCc2ccccc21. The summed E-state index contributed by atoms with van der Waals surface area (Å²) in [7, 11) is 0. The van der Waals surface area contributed by atoms with E-state index in [4.69, 9.17) is 10.5 Å². The number of esters is 1. The topological polar surface area (TPSA) is 52.3 Å². The predicted molar refractivity (Wildman–Crippen MR) is 75.7 cm³/mol. The summed E-state index contributed by atoms with van der Waals surface area (Å²) in [6.45, 7) is 2.44. The van der Waals surface area contributed by atoms with Crippen LogP contribution in [0.25, 0.3) is 0 Å². The van der Waals surface area contributed by atoms with Gasteiger partial charge >= 0.3 is 5.97 Å². The fraction of sp³-hybridized carbons (Fsp3) is 0.562. The van der Waals surface area contributed by atoms with Crippen LogP contribution in [0, 0.1) is 5.92 Å². The van der Waals surface area contributed by atoms with Crippen LogP contribution in [-0.4, -0.2) is 12.5 Å². The Morgan fingerprint density at radius 3 is 3.00 bits per heavy atom. The Hall–Kier alpha value is -1.35. The summed E-state index contributed by atoms with van der Waals surface area (Å²) in [5.74, 6) is -0.287. The van der Waals surface area contributed by atoms with Gasteiger partial charge in [-0.15, -0.1) is 0 Å². The van der Waals surface area contributed by atoms with E-state index in [0.717, 1.165) is 32.1 Å². The van der Waals surface area contributed by atoms with E-state index in [1.165, 1.54) is 11.1 Å². The van der Waals surface area contributed by atoms with Gasteiger partial charge in [0.05, 0.1) is 5.92 Å². The van der Waals surface area contributed by atoms with Crippen LogP contribution in [0.15, 0.2) is 24.3 Å². The van der Waals surface area contributed by atoms with Crippen molar-refractivity contribution >= 4 is 5.97 Å². The summed E-state index contributed by atoms with van der Waals surface area (Å²) in [5.41, 5.74) is 8.15. The van der Waals surface area contributed by atoms with Crippen LogP contribution in [0.2, 0.25) is 0 Å². The normalized spacial score (nSPS) is 19.6. The smallest absolute Gasteiger partial charge is 0.310 e. The van der Waals surface area contributed by atoms with Gasteiger partial charge in [0.2, 0.25) is 0 Å². The van der Waals surface area contributed by atoms with Crippen molar-refractivity contribution < 1.29 is 9.53 Å². The summed E-state index contributed by atoms with van der Waals surface area (Å²) < 4.78 is 5.70. The van der Waals surface area contributed by atoms with Gasteiger partial charge in [-0.25, -0.2) is 0 Å². The summed E-state index contributed by atoms with van der Waals surface area (Å²) in [4.78, 5) is 12.1. The minimum absolute atomic E-state index is 0.0802. The molecule has 1 aromatic carbocycles. The molecule has 2 rings (SSSR count). The van der Waals surface area contributed by atoms with Crippen LogP contribution in [0.4, 0.5) is 0 Å². The third-order valence-corrected chi connectivity index (χ3v) is 3.83. The molecule has 3 nitrogen and oxygen atoms in total. The molecule has 1 aromatic rings. The first-order valence-electron chi connectivity index (χ1n) is 7.24. The molecule has 0 spiro atoms. The lowest BCUT2D eigenvalue weighted by Crippen LogP contribution is -2.28. The Kier molecular flexibility index (Phi) is 4.97. The third-order valence-electron chi connectivity index (χ3n) is 3.83. The average Bonchev–Trinajstić information content (AvgIpc) is 2.45. The first-order chi connectivity index (χ1) is 9.26. The standard InChI is InChI=1S/C16H23NO2/c1-2-6-13(11-17)16(18)19-15-10-5-8-12-7-3-4-9-14(12)15/h3-4,7,9,13,15H,2,5-6,8,10-11,17H2,1H3. The zero-order valence-electron chi connectivity index (χ0n) is 11.6. The molecule has 0 saturated carbocycles. The third kappa shape index (κ3) is 3.35. The molecule has 1 aliphatic carbocycles. The number of ether oxygens (including phenoxy) is 1. The predicted octanol–water partition coefficient (Wildman–Crippen LogP) is 2.98. The minimum Gasteiger partial charge on any atom is -0.457 e. The molecule has 1 aliphatic rings. The number of hydrogen-bond donors (Lipinski definition) is 1. The molecule has 0 bridgehead atoms. The zero-order chi connectivity index (χ0) is 13.7. The number of fused-ring (bicyclic) bond motifs is 1. The van der Waals surface area contributed by atoms with E-state index in [1.807, 2.05) is 12.1 Å². The summed E-state index contributed by atoms with van der Waals surface area (Å²) in [6.07, 6.45) is 4.77. The molecule has 0 aromatic heterocycles. The molecule has 0 saturated heterocycles. The van der Waals surface area contributed by atoms with Gasteiger partial charge in [0.25, 0.3) is 0 Å². The highest BCUT2D eigenvalue weighted by Crippen LogP contribution is 2.33. The first-order valence-corrected chi connectivity index (χ1v) is 7.24. The molecular weight excluding hydrogens is 238 g/mol. The number of carbonyl (C=O) groups is 1. The Bertz CT molecular complexity index is 431. The molecule has 0 aliphatic heterocycles. The quantitative estimate of drug-likeness (QED) is 0.829. The Labute approximate surface area is 115 Å². The van der Waals surface area contributed by atoms with Crippen LogP contribution < -0.4 is 5.73 Å². The van der Waals surface area contributed by atoms with Crippen molar-refractivity contribution in [1.29, 1.82) is 0 Å². The maximum Gasteiger partial charge on any atom is 0.310 e. The molecule has 3 heteroatoms. The van der Waals surface area contributed by atoms with E-state index in [-0.39, 0.29) is 18.0 Å². The van der Waals surface area contributed by atoms with Gasteiger partial charge < -0.3 is 10.5 Å². The van der Waals surface area contributed by atoms with Gasteiger partial charge in [-0.1, -0.05) is 37.6 Å². The number of hydrogen-bond acceptors (Lipinski definition) is 3. The largest absolute Gasteiger partial charge is 0.457 e. The summed E-state index contributed by atoms with van der Waals surface area (Å²) in [6, 6.07) is 8.26. The van der Waals surface area contributed by atoms with Crippen molar-refractivity contribution in [2.45, 2.75) is 45.1 Å². The molecule has 19 heavy (non-hydrogen) atoms. The lowest BCUT2D eigenvalue weighted by Gasteiger charge is -2.27. The lowest BCUT2D eigenvalue weighted by molar-refractivity contribution is -0.155. The van der Waals surface area contributed by atoms with E-state index < -0.39 is 0 Å². The molecule has 2 N–H and O–H groups in total. The van der Waals surface area contributed by atoms with E-state index in [1.54, 1.807) is 0 Å². The molecular formula is C16H23NO2. The van der Waals surface area contributed by atoms with Gasteiger partial charge in [0.1, 0.15) is 6.10 Å². The number of nitrogens with two attached hydrogens (primary N) is 1. The average molecular weight is 261 g/mol. The molecule has 0 amide bonds. The number of benzene rings is 1. The van der Waals surface area contributed by atoms with Gasteiger partial charge in [0, 0.05) is 6.54 Å². The maximum absolute atomic E-state index is 12.1. The summed E-state index contributed by atoms with van der Waals surface area (Å²) >= 11 is 0. The van der Waals surface area contributed by atoms with Gasteiger partial charge in [-0.3, -0.25) is 4.79 Å². The van der Waals surface area contributed by atoms with Gasteiger partial charge in [-0.2, -0.15) is 0 Å². The van der Waals surface area contributed by atoms with E-state index in [0.29, 0.717) is 6.54 Å². The highest BCUT2D eigenvalue weighted by Gasteiger charge is 2.26. The van der Waals surface area contributed by atoms with E-state index in [9.17, 15) is 4.79 Å². The number of rotatable bonds is 5. The van der Waals surface area contributed by atoms with Crippen molar-refractivity contribution in [1.82, 2.24) is 0 Å². The van der Waals surface area contributed by atoms with Crippen molar-refractivity contribution in [3.05, 3.63) is 35.4 Å². The maximum atomic E-state index is 12.1. The van der Waals surface area contributed by atoms with Crippen LogP contribution in [0.3, 0.4) is 0 Å². The second-order valence-corrected chi connectivity index (χ2v) is 5.24. The van der Waals surface area contributed by atoms with Gasteiger partial charge in [0.15, 0.2) is 0 Å². The second-order valence-electron chi connectivity index (χ2n) is 5.24. The Balaban J connectivity index is 2.06. The monoisotopic (exact) mass is 261 g/mol. The van der Waals surface area contributed by atoms with Crippen molar-refractivity contribution in [2.24, 2.45) is 11.7 Å². The fourth-order valence-electron chi connectivity index (χ4n) is 2.75. The van der Waals surface area contributed by atoms with Crippen molar-refractivity contribution in [2.75, 3.05) is 6.54 Å². The molecule has 0 heterocycles. The Morgan fingerprint density at radius 1 is 1.47 bits per heavy atom. The molecule has 2 atom stereocenters. The highest BCUT2D eigenvalue weighted by molar-refractivity contribution is 5.73. The van der Waals surface area contributed by atoms with Crippen molar-refractivity contribution in [3.8, 4) is 0 Å². The fourth-order valence-corrected chi connectivity index (χ4v) is 2.75. The molecule has 0 fully saturated rings. The molecule has 2 unspecified atom stereocenters. The van der Waals surface area contributed by atoms with E-state index in [2.05, 4.69) is 19.1 Å². The number of aryl methyl sites for hydroxylation is 1. The van der Waals surface area contributed by atoms with Crippen LogP contribution in [-0.2, 0) is 16.0 Å². The highest BCUT2D eigenvalue weighted by atomic mass is 16.5. The van der Waals surface area contributed by atoms with Crippen LogP contribution in [0.1, 0.15) is 49.8 Å². The van der Waals surface area contributed by atoms with Gasteiger partial charge in [-0.05, 0) is 36.8 Å². The number of carbonyl (C=O) groups excluding carboxylic acids is 1. The lowest BCUT2D eigenvalue weighted by atomic mass is 9.89. The summed E-state index contributed by atoms with van der Waals surface area (Å²) in [5, 5.41) is 0. The zero-order valence-corrected chi connectivity index (χ0v) is 11.6. The second kappa shape index (κ2) is 6.71. The minimum atomic E-state index is -0.154. The van der Waals surface area contributed by atoms with E-state index >= 15 is 0 Å². The van der Waals surface area contributed by atoms with Crippen LogP contribution in [0.5, 0.6) is 0 Å². The molecule has 0 radical (unpaired) electrons. The Morgan fingerprint density at radius 2 is 2.26 bits per heavy atom.